The standard InChI is InChI=1S/C17H28O2S/c1-3-17(4-2,19-15(18)11-20)16-8-12-5-13(9-16)7-14(6-12)10-16/h12-14,20H,3-11H2,1-2H3. The van der Waals surface area contributed by atoms with Crippen molar-refractivity contribution in [2.45, 2.75) is 70.8 Å². The van der Waals surface area contributed by atoms with Crippen molar-refractivity contribution in [1.82, 2.24) is 0 Å². The van der Waals surface area contributed by atoms with Crippen LogP contribution in [0.25, 0.3) is 0 Å². The van der Waals surface area contributed by atoms with E-state index in [4.69, 9.17) is 4.74 Å². The van der Waals surface area contributed by atoms with E-state index >= 15 is 0 Å². The Labute approximate surface area is 128 Å². The molecule has 4 fully saturated rings. The number of hydrogen-bond donors (Lipinski definition) is 1. The highest BCUT2D eigenvalue weighted by molar-refractivity contribution is 7.81. The molecule has 4 rings (SSSR count). The Morgan fingerprint density at radius 3 is 1.90 bits per heavy atom. The van der Waals surface area contributed by atoms with Crippen molar-refractivity contribution in [3.8, 4) is 0 Å². The molecule has 0 heterocycles. The van der Waals surface area contributed by atoms with Gasteiger partial charge in [0.05, 0.1) is 5.75 Å². The maximum absolute atomic E-state index is 11.9. The molecule has 0 aliphatic heterocycles. The van der Waals surface area contributed by atoms with E-state index in [9.17, 15) is 4.79 Å². The topological polar surface area (TPSA) is 26.3 Å². The van der Waals surface area contributed by atoms with E-state index in [1.165, 1.54) is 38.5 Å². The van der Waals surface area contributed by atoms with Crippen LogP contribution in [0.1, 0.15) is 65.2 Å². The van der Waals surface area contributed by atoms with Crippen LogP contribution in [0, 0.1) is 23.2 Å². The predicted molar refractivity (Wildman–Crippen MR) is 83.9 cm³/mol. The lowest BCUT2D eigenvalue weighted by atomic mass is 9.44. The zero-order valence-electron chi connectivity index (χ0n) is 12.9. The maximum atomic E-state index is 11.9. The number of carbonyl (C=O) groups is 1. The van der Waals surface area contributed by atoms with Crippen LogP contribution < -0.4 is 0 Å². The fourth-order valence-corrected chi connectivity index (χ4v) is 6.24. The van der Waals surface area contributed by atoms with E-state index in [0.29, 0.717) is 0 Å². The third-order valence-corrected chi connectivity index (χ3v) is 6.84. The van der Waals surface area contributed by atoms with Crippen LogP contribution in [-0.2, 0) is 9.53 Å². The monoisotopic (exact) mass is 296 g/mol. The van der Waals surface area contributed by atoms with Gasteiger partial charge in [-0.1, -0.05) is 13.8 Å². The van der Waals surface area contributed by atoms with E-state index < -0.39 is 0 Å². The minimum atomic E-state index is -0.233. The van der Waals surface area contributed by atoms with E-state index in [2.05, 4.69) is 26.5 Å². The second-order valence-electron chi connectivity index (χ2n) is 7.53. The number of rotatable bonds is 5. The van der Waals surface area contributed by atoms with Gasteiger partial charge in [0, 0.05) is 5.41 Å². The molecule has 3 heteroatoms. The molecular weight excluding hydrogens is 268 g/mol. The van der Waals surface area contributed by atoms with Crippen molar-refractivity contribution in [1.29, 1.82) is 0 Å². The first-order valence-corrected chi connectivity index (χ1v) is 9.02. The van der Waals surface area contributed by atoms with Gasteiger partial charge in [-0.05, 0) is 69.1 Å². The van der Waals surface area contributed by atoms with Crippen molar-refractivity contribution in [2.75, 3.05) is 5.75 Å². The average Bonchev–Trinajstić information content (AvgIpc) is 2.43. The first-order valence-electron chi connectivity index (χ1n) is 8.39. The summed E-state index contributed by atoms with van der Waals surface area (Å²) in [5, 5.41) is 0. The highest BCUT2D eigenvalue weighted by Gasteiger charge is 2.60. The summed E-state index contributed by atoms with van der Waals surface area (Å²) in [6.07, 6.45) is 10.1. The van der Waals surface area contributed by atoms with Crippen molar-refractivity contribution in [3.63, 3.8) is 0 Å². The molecule has 0 amide bonds. The van der Waals surface area contributed by atoms with Crippen LogP contribution in [0.3, 0.4) is 0 Å². The molecule has 4 aliphatic carbocycles. The Morgan fingerprint density at radius 2 is 1.55 bits per heavy atom. The Balaban J connectivity index is 1.92. The van der Waals surface area contributed by atoms with Crippen LogP contribution in [0.15, 0.2) is 0 Å². The van der Waals surface area contributed by atoms with Crippen LogP contribution >= 0.6 is 12.6 Å². The lowest BCUT2D eigenvalue weighted by Crippen LogP contribution is -2.59. The Morgan fingerprint density at radius 1 is 1.10 bits per heavy atom. The average molecular weight is 296 g/mol. The summed E-state index contributed by atoms with van der Waals surface area (Å²) < 4.78 is 6.06. The summed E-state index contributed by atoms with van der Waals surface area (Å²) in [5.41, 5.74) is 0.0344. The fourth-order valence-electron chi connectivity index (χ4n) is 6.17. The first kappa shape index (κ1) is 14.7. The smallest absolute Gasteiger partial charge is 0.316 e. The predicted octanol–water partition coefficient (Wildman–Crippen LogP) is 4.23. The summed E-state index contributed by atoms with van der Waals surface area (Å²) >= 11 is 4.11. The molecule has 0 aromatic carbocycles. The first-order chi connectivity index (χ1) is 9.56. The lowest BCUT2D eigenvalue weighted by molar-refractivity contribution is -0.210. The third-order valence-electron chi connectivity index (χ3n) is 6.59. The second kappa shape index (κ2) is 5.23. The largest absolute Gasteiger partial charge is 0.458 e. The molecule has 4 bridgehead atoms. The summed E-state index contributed by atoms with van der Waals surface area (Å²) in [7, 11) is 0. The molecule has 0 radical (unpaired) electrons. The summed E-state index contributed by atoms with van der Waals surface area (Å²) in [6, 6.07) is 0. The van der Waals surface area contributed by atoms with E-state index in [1.54, 1.807) is 0 Å². The van der Waals surface area contributed by atoms with E-state index in [1.807, 2.05) is 0 Å². The highest BCUT2D eigenvalue weighted by Crippen LogP contribution is 2.65. The van der Waals surface area contributed by atoms with Gasteiger partial charge in [-0.15, -0.1) is 0 Å². The van der Waals surface area contributed by atoms with Crippen molar-refractivity contribution < 1.29 is 9.53 Å². The second-order valence-corrected chi connectivity index (χ2v) is 7.85. The van der Waals surface area contributed by atoms with Crippen molar-refractivity contribution >= 4 is 18.6 Å². The number of thiol groups is 1. The quantitative estimate of drug-likeness (QED) is 0.607. The van der Waals surface area contributed by atoms with Crippen LogP contribution in [0.4, 0.5) is 0 Å². The Hall–Kier alpha value is -0.180. The molecule has 20 heavy (non-hydrogen) atoms. The van der Waals surface area contributed by atoms with Crippen LogP contribution in [-0.4, -0.2) is 17.3 Å². The zero-order chi connectivity index (χ0) is 14.4. The normalized spacial score (nSPS) is 39.0. The van der Waals surface area contributed by atoms with Gasteiger partial charge in [0.1, 0.15) is 5.60 Å². The summed E-state index contributed by atoms with van der Waals surface area (Å²) in [4.78, 5) is 11.9. The van der Waals surface area contributed by atoms with Crippen molar-refractivity contribution in [3.05, 3.63) is 0 Å². The van der Waals surface area contributed by atoms with Crippen molar-refractivity contribution in [2.24, 2.45) is 23.2 Å². The number of esters is 1. The van der Waals surface area contributed by atoms with Gasteiger partial charge in [-0.2, -0.15) is 12.6 Å². The van der Waals surface area contributed by atoms with Crippen LogP contribution in [0.2, 0.25) is 0 Å². The van der Waals surface area contributed by atoms with E-state index in [0.717, 1.165) is 30.6 Å². The fraction of sp³-hybridized carbons (Fsp3) is 0.941. The Bertz CT molecular complexity index is 351. The summed E-state index contributed by atoms with van der Waals surface area (Å²) in [5.74, 6) is 2.76. The molecule has 0 spiro atoms. The van der Waals surface area contributed by atoms with Gasteiger partial charge in [0.2, 0.25) is 0 Å². The molecule has 0 atom stereocenters. The molecule has 4 saturated carbocycles. The van der Waals surface area contributed by atoms with E-state index in [-0.39, 0.29) is 22.7 Å². The SMILES string of the molecule is CCC(CC)(OC(=O)CS)C12CC3CC(CC(C3)C1)C2. The highest BCUT2D eigenvalue weighted by atomic mass is 32.1. The maximum Gasteiger partial charge on any atom is 0.316 e. The number of ether oxygens (including phenoxy) is 1. The molecule has 0 saturated heterocycles. The van der Waals surface area contributed by atoms with Gasteiger partial charge < -0.3 is 4.74 Å². The molecule has 0 N–H and O–H groups in total. The Kier molecular flexibility index (Phi) is 3.85. The minimum absolute atomic E-state index is 0.132. The van der Waals surface area contributed by atoms with Gasteiger partial charge in [0.15, 0.2) is 0 Å². The third kappa shape index (κ3) is 2.12. The zero-order valence-corrected chi connectivity index (χ0v) is 13.8. The van der Waals surface area contributed by atoms with Gasteiger partial charge in [-0.3, -0.25) is 4.79 Å². The molecule has 2 nitrogen and oxygen atoms in total. The molecule has 4 aliphatic rings. The summed E-state index contributed by atoms with van der Waals surface area (Å²) in [6.45, 7) is 4.40. The number of hydrogen-bond acceptors (Lipinski definition) is 3. The molecule has 114 valence electrons. The number of carbonyl (C=O) groups excluding carboxylic acids is 1. The lowest BCUT2D eigenvalue weighted by Gasteiger charge is -2.63. The minimum Gasteiger partial charge on any atom is -0.458 e. The molecule has 0 unspecified atom stereocenters. The van der Waals surface area contributed by atoms with Gasteiger partial charge >= 0.3 is 5.97 Å². The van der Waals surface area contributed by atoms with Gasteiger partial charge in [-0.25, -0.2) is 0 Å². The molecule has 0 aromatic rings. The molecule has 0 aromatic heterocycles. The van der Waals surface area contributed by atoms with Gasteiger partial charge in [0.25, 0.3) is 0 Å². The van der Waals surface area contributed by atoms with Crippen LogP contribution in [0.5, 0.6) is 0 Å². The molecular formula is C17H28O2S.